The van der Waals surface area contributed by atoms with Crippen LogP contribution in [0.15, 0.2) is 36.4 Å². The first-order valence-corrected chi connectivity index (χ1v) is 6.22. The zero-order chi connectivity index (χ0) is 12.5. The van der Waals surface area contributed by atoms with Gasteiger partial charge in [0.1, 0.15) is 0 Å². The van der Waals surface area contributed by atoms with Gasteiger partial charge < -0.3 is 9.90 Å². The number of aliphatic carboxylic acids is 1. The van der Waals surface area contributed by atoms with Crippen LogP contribution in [-0.2, 0) is 4.79 Å². The van der Waals surface area contributed by atoms with E-state index in [1.54, 1.807) is 18.2 Å². The molecule has 0 radical (unpaired) electrons. The fraction of sp³-hybridized carbons (Fsp3) is 0.400. The summed E-state index contributed by atoms with van der Waals surface area (Å²) in [6.45, 7) is 2.16. The van der Waals surface area contributed by atoms with E-state index < -0.39 is 5.97 Å². The van der Waals surface area contributed by atoms with Crippen molar-refractivity contribution in [3.63, 3.8) is 0 Å². The monoisotopic (exact) mass is 231 g/mol. The summed E-state index contributed by atoms with van der Waals surface area (Å²) < 4.78 is 0. The molecule has 0 N–H and O–H groups in total. The third-order valence-electron chi connectivity index (χ3n) is 2.71. The lowest BCUT2D eigenvalue weighted by molar-refractivity contribution is -0.295. The summed E-state index contributed by atoms with van der Waals surface area (Å²) in [6.07, 6.45) is 7.17. The van der Waals surface area contributed by atoms with E-state index in [2.05, 4.69) is 6.92 Å². The zero-order valence-corrected chi connectivity index (χ0v) is 10.3. The van der Waals surface area contributed by atoms with Gasteiger partial charge in [-0.1, -0.05) is 62.6 Å². The fourth-order valence-corrected chi connectivity index (χ4v) is 1.75. The van der Waals surface area contributed by atoms with Crippen molar-refractivity contribution >= 4 is 11.5 Å². The molecule has 1 aromatic rings. The third-order valence-corrected chi connectivity index (χ3v) is 2.71. The number of carboxylic acid groups (broad SMARTS) is 1. The second kappa shape index (κ2) is 7.66. The highest BCUT2D eigenvalue weighted by Gasteiger charge is 2.01. The molecule has 0 saturated heterocycles. The lowest BCUT2D eigenvalue weighted by atomic mass is 10.0. The third kappa shape index (κ3) is 4.85. The molecule has 92 valence electrons. The van der Waals surface area contributed by atoms with Crippen LogP contribution in [0.5, 0.6) is 0 Å². The van der Waals surface area contributed by atoms with Gasteiger partial charge in [-0.3, -0.25) is 0 Å². The summed E-state index contributed by atoms with van der Waals surface area (Å²) in [5.41, 5.74) is 1.03. The van der Waals surface area contributed by atoms with E-state index in [1.165, 1.54) is 12.8 Å². The van der Waals surface area contributed by atoms with E-state index in [9.17, 15) is 9.90 Å². The average molecular weight is 231 g/mol. The Kier molecular flexibility index (Phi) is 6.08. The van der Waals surface area contributed by atoms with Gasteiger partial charge >= 0.3 is 0 Å². The molecule has 1 aromatic carbocycles. The number of carbonyl (C=O) groups excluding carboxylic acids is 1. The quantitative estimate of drug-likeness (QED) is 0.534. The number of benzene rings is 1. The Bertz CT molecular complexity index is 366. The van der Waals surface area contributed by atoms with E-state index in [1.807, 2.05) is 18.2 Å². The first-order chi connectivity index (χ1) is 8.25. The van der Waals surface area contributed by atoms with Crippen LogP contribution in [0.1, 0.15) is 44.6 Å². The van der Waals surface area contributed by atoms with Gasteiger partial charge in [-0.2, -0.15) is 0 Å². The van der Waals surface area contributed by atoms with Gasteiger partial charge in [-0.15, -0.1) is 0 Å². The van der Waals surface area contributed by atoms with E-state index in [0.29, 0.717) is 5.57 Å². The van der Waals surface area contributed by atoms with Crippen LogP contribution in [0.25, 0.3) is 5.57 Å². The van der Waals surface area contributed by atoms with Crippen molar-refractivity contribution in [3.05, 3.63) is 42.0 Å². The van der Waals surface area contributed by atoms with Crippen LogP contribution in [0.4, 0.5) is 0 Å². The zero-order valence-electron chi connectivity index (χ0n) is 10.3. The second-order valence-electron chi connectivity index (χ2n) is 4.12. The van der Waals surface area contributed by atoms with E-state index in [0.717, 1.165) is 24.8 Å². The molecule has 1 rings (SSSR count). The van der Waals surface area contributed by atoms with Crippen LogP contribution >= 0.6 is 0 Å². The molecule has 0 fully saturated rings. The summed E-state index contributed by atoms with van der Waals surface area (Å²) in [4.78, 5) is 11.0. The van der Waals surface area contributed by atoms with Gasteiger partial charge in [0, 0.05) is 5.57 Å². The van der Waals surface area contributed by atoms with Crippen LogP contribution in [0.3, 0.4) is 0 Å². The number of carbonyl (C=O) groups is 1. The van der Waals surface area contributed by atoms with Crippen LogP contribution in [-0.4, -0.2) is 5.97 Å². The molecule has 0 aromatic heterocycles. The maximum atomic E-state index is 11.0. The van der Waals surface area contributed by atoms with Gasteiger partial charge in [-0.05, 0) is 18.4 Å². The topological polar surface area (TPSA) is 40.1 Å². The SMILES string of the molecule is CCCCCC/C=C(\C(=O)[O-])c1ccccc1. The molecular formula is C15H19O2-. The molecule has 0 heterocycles. The molecule has 0 aliphatic heterocycles. The summed E-state index contributed by atoms with van der Waals surface area (Å²) in [6, 6.07) is 9.14. The van der Waals surface area contributed by atoms with Crippen molar-refractivity contribution in [2.75, 3.05) is 0 Å². The molecule has 0 spiro atoms. The number of unbranched alkanes of at least 4 members (excludes halogenated alkanes) is 4. The molecule has 0 bridgehead atoms. The first-order valence-electron chi connectivity index (χ1n) is 6.22. The summed E-state index contributed by atoms with van der Waals surface area (Å²) in [5.74, 6) is -1.09. The maximum absolute atomic E-state index is 11.0. The Morgan fingerprint density at radius 2 is 1.88 bits per heavy atom. The molecule has 0 aliphatic rings. The second-order valence-corrected chi connectivity index (χ2v) is 4.12. The predicted octanol–water partition coefficient (Wildman–Crippen LogP) is 2.79. The van der Waals surface area contributed by atoms with E-state index in [4.69, 9.17) is 0 Å². The molecule has 0 amide bonds. The van der Waals surface area contributed by atoms with Gasteiger partial charge in [0.15, 0.2) is 0 Å². The van der Waals surface area contributed by atoms with E-state index in [-0.39, 0.29) is 0 Å². The average Bonchev–Trinajstić information content (AvgIpc) is 2.34. The Morgan fingerprint density at radius 1 is 1.18 bits per heavy atom. The minimum atomic E-state index is -1.09. The summed E-state index contributed by atoms with van der Waals surface area (Å²) >= 11 is 0. The highest BCUT2D eigenvalue weighted by atomic mass is 16.4. The van der Waals surface area contributed by atoms with Crippen LogP contribution in [0.2, 0.25) is 0 Å². The molecular weight excluding hydrogens is 212 g/mol. The molecule has 0 saturated carbocycles. The Hall–Kier alpha value is -1.57. The van der Waals surface area contributed by atoms with Crippen molar-refractivity contribution in [2.45, 2.75) is 39.0 Å². The number of rotatable bonds is 7. The van der Waals surface area contributed by atoms with Crippen molar-refractivity contribution in [1.29, 1.82) is 0 Å². The summed E-state index contributed by atoms with van der Waals surface area (Å²) in [5, 5.41) is 11.0. The lowest BCUT2D eigenvalue weighted by Crippen LogP contribution is -2.23. The van der Waals surface area contributed by atoms with Crippen molar-refractivity contribution in [3.8, 4) is 0 Å². The van der Waals surface area contributed by atoms with Crippen molar-refractivity contribution in [1.82, 2.24) is 0 Å². The molecule has 2 nitrogen and oxygen atoms in total. The standard InChI is InChI=1S/C15H20O2/c1-2-3-4-5-9-12-14(15(16)17)13-10-7-6-8-11-13/h6-8,10-12H,2-5,9H2,1H3,(H,16,17)/p-1/b14-12-. The first kappa shape index (κ1) is 13.5. The van der Waals surface area contributed by atoms with Crippen LogP contribution in [0, 0.1) is 0 Å². The maximum Gasteiger partial charge on any atom is 0.0718 e. The van der Waals surface area contributed by atoms with Crippen molar-refractivity contribution < 1.29 is 9.90 Å². The van der Waals surface area contributed by atoms with E-state index >= 15 is 0 Å². The molecule has 0 atom stereocenters. The fourth-order valence-electron chi connectivity index (χ4n) is 1.75. The Morgan fingerprint density at radius 3 is 2.47 bits per heavy atom. The minimum absolute atomic E-state index is 0.307. The predicted molar refractivity (Wildman–Crippen MR) is 68.2 cm³/mol. The van der Waals surface area contributed by atoms with Gasteiger partial charge in [0.25, 0.3) is 0 Å². The minimum Gasteiger partial charge on any atom is -0.545 e. The van der Waals surface area contributed by atoms with Crippen molar-refractivity contribution in [2.24, 2.45) is 0 Å². The van der Waals surface area contributed by atoms with Crippen LogP contribution < -0.4 is 5.11 Å². The van der Waals surface area contributed by atoms with Gasteiger partial charge in [0.05, 0.1) is 5.97 Å². The number of allylic oxidation sites excluding steroid dienone is 1. The molecule has 2 heteroatoms. The largest absolute Gasteiger partial charge is 0.545 e. The molecule has 17 heavy (non-hydrogen) atoms. The number of carboxylic acids is 1. The lowest BCUT2D eigenvalue weighted by Gasteiger charge is -2.08. The highest BCUT2D eigenvalue weighted by molar-refractivity contribution is 6.14. The Balaban J connectivity index is 2.61. The number of hydrogen-bond acceptors (Lipinski definition) is 2. The smallest absolute Gasteiger partial charge is 0.0718 e. The number of hydrogen-bond donors (Lipinski definition) is 0. The van der Waals surface area contributed by atoms with Gasteiger partial charge in [0.2, 0.25) is 0 Å². The highest BCUT2D eigenvalue weighted by Crippen LogP contribution is 2.15. The molecule has 0 unspecified atom stereocenters. The normalized spacial score (nSPS) is 11.5. The van der Waals surface area contributed by atoms with Gasteiger partial charge in [-0.25, -0.2) is 0 Å². The summed E-state index contributed by atoms with van der Waals surface area (Å²) in [7, 11) is 0. The molecule has 0 aliphatic carbocycles. The Labute approximate surface area is 103 Å².